The predicted octanol–water partition coefficient (Wildman–Crippen LogP) is 2.10. The number of piperidine rings is 1. The highest BCUT2D eigenvalue weighted by Crippen LogP contribution is 2.23. The summed E-state index contributed by atoms with van der Waals surface area (Å²) in [6.07, 6.45) is 4.18. The molecule has 20 heavy (non-hydrogen) atoms. The van der Waals surface area contributed by atoms with Crippen molar-refractivity contribution in [2.24, 2.45) is 0 Å². The van der Waals surface area contributed by atoms with E-state index in [4.69, 9.17) is 0 Å². The Bertz CT molecular complexity index is 422. The molecule has 2 atom stereocenters. The van der Waals surface area contributed by atoms with Crippen molar-refractivity contribution in [2.45, 2.75) is 44.3 Å². The number of likely N-dealkylation sites (tertiary alicyclic amines) is 1. The molecule has 0 radical (unpaired) electrons. The number of likely N-dealkylation sites (N-methyl/N-ethyl adjacent to an activating group) is 1. The summed E-state index contributed by atoms with van der Waals surface area (Å²) in [5.41, 5.74) is 1.30. The molecule has 2 N–H and O–H groups in total. The highest BCUT2D eigenvalue weighted by molar-refractivity contribution is 5.73. The van der Waals surface area contributed by atoms with Crippen molar-refractivity contribution in [1.29, 1.82) is 0 Å². The molecule has 0 saturated carbocycles. The van der Waals surface area contributed by atoms with Gasteiger partial charge in [-0.05, 0) is 38.4 Å². The number of carbonyl (C=O) groups is 1. The fourth-order valence-corrected chi connectivity index (χ4v) is 2.97. The molecule has 0 bridgehead atoms. The van der Waals surface area contributed by atoms with Crippen molar-refractivity contribution in [1.82, 2.24) is 10.2 Å². The Labute approximate surface area is 120 Å². The smallest absolute Gasteiger partial charge is 0.320 e. The van der Waals surface area contributed by atoms with E-state index in [1.54, 1.807) is 7.05 Å². The van der Waals surface area contributed by atoms with Gasteiger partial charge < -0.3 is 10.4 Å². The summed E-state index contributed by atoms with van der Waals surface area (Å²) in [6, 6.07) is 10.3. The molecule has 0 aromatic heterocycles. The summed E-state index contributed by atoms with van der Waals surface area (Å²) in [4.78, 5) is 13.6. The van der Waals surface area contributed by atoms with Gasteiger partial charge in [0.2, 0.25) is 0 Å². The topological polar surface area (TPSA) is 52.6 Å². The minimum atomic E-state index is -0.752. The standard InChI is InChI=1S/C16H24N2O2/c1-17-15(16(19)20)11-14-9-5-6-10-18(14)12-13-7-3-2-4-8-13/h2-4,7-8,14-15,17H,5-6,9-12H2,1H3,(H,19,20). The van der Waals surface area contributed by atoms with Crippen LogP contribution in [0.2, 0.25) is 0 Å². The average molecular weight is 276 g/mol. The minimum absolute atomic E-state index is 0.359. The molecule has 4 heteroatoms. The second-order valence-electron chi connectivity index (χ2n) is 5.52. The van der Waals surface area contributed by atoms with Crippen molar-refractivity contribution in [2.75, 3.05) is 13.6 Å². The van der Waals surface area contributed by atoms with Crippen molar-refractivity contribution >= 4 is 5.97 Å². The van der Waals surface area contributed by atoms with Crippen molar-refractivity contribution in [3.8, 4) is 0 Å². The Balaban J connectivity index is 1.99. The summed E-state index contributed by atoms with van der Waals surface area (Å²) < 4.78 is 0. The van der Waals surface area contributed by atoms with Gasteiger partial charge in [0, 0.05) is 12.6 Å². The lowest BCUT2D eigenvalue weighted by atomic mass is 9.95. The van der Waals surface area contributed by atoms with E-state index < -0.39 is 12.0 Å². The maximum Gasteiger partial charge on any atom is 0.320 e. The third-order valence-corrected chi connectivity index (χ3v) is 4.13. The first-order valence-electron chi connectivity index (χ1n) is 7.38. The number of aliphatic carboxylic acids is 1. The van der Waals surface area contributed by atoms with Gasteiger partial charge in [-0.15, -0.1) is 0 Å². The molecular weight excluding hydrogens is 252 g/mol. The molecule has 4 nitrogen and oxygen atoms in total. The zero-order chi connectivity index (χ0) is 14.4. The van der Waals surface area contributed by atoms with E-state index in [9.17, 15) is 9.90 Å². The molecule has 2 rings (SSSR count). The highest BCUT2D eigenvalue weighted by Gasteiger charge is 2.27. The predicted molar refractivity (Wildman–Crippen MR) is 79.6 cm³/mol. The third-order valence-electron chi connectivity index (χ3n) is 4.13. The Morgan fingerprint density at radius 2 is 2.15 bits per heavy atom. The van der Waals surface area contributed by atoms with Gasteiger partial charge in [-0.3, -0.25) is 9.69 Å². The quantitative estimate of drug-likeness (QED) is 0.835. The molecule has 110 valence electrons. The molecule has 0 spiro atoms. The normalized spacial score (nSPS) is 21.6. The first-order chi connectivity index (χ1) is 9.70. The molecule has 1 aliphatic heterocycles. The molecule has 1 aromatic rings. The van der Waals surface area contributed by atoms with Crippen LogP contribution in [0.5, 0.6) is 0 Å². The van der Waals surface area contributed by atoms with Gasteiger partial charge in [0.15, 0.2) is 0 Å². The lowest BCUT2D eigenvalue weighted by Crippen LogP contribution is -2.45. The van der Waals surface area contributed by atoms with Gasteiger partial charge in [-0.25, -0.2) is 0 Å². The maximum absolute atomic E-state index is 11.2. The van der Waals surface area contributed by atoms with Crippen LogP contribution in [0, 0.1) is 0 Å². The number of carboxylic acids is 1. The van der Waals surface area contributed by atoms with Gasteiger partial charge >= 0.3 is 5.97 Å². The second-order valence-corrected chi connectivity index (χ2v) is 5.52. The lowest BCUT2D eigenvalue weighted by molar-refractivity contribution is -0.140. The molecule has 1 saturated heterocycles. The van der Waals surface area contributed by atoms with E-state index in [1.807, 2.05) is 6.07 Å². The summed E-state index contributed by atoms with van der Waals surface area (Å²) in [5.74, 6) is -0.752. The molecular formula is C16H24N2O2. The largest absolute Gasteiger partial charge is 0.480 e. The van der Waals surface area contributed by atoms with Crippen LogP contribution in [0.1, 0.15) is 31.2 Å². The SMILES string of the molecule is CNC(CC1CCCCN1Cc1ccccc1)C(=O)O. The number of nitrogens with one attached hydrogen (secondary N) is 1. The van der Waals surface area contributed by atoms with Crippen LogP contribution in [0.4, 0.5) is 0 Å². The Morgan fingerprint density at radius 3 is 2.80 bits per heavy atom. The summed E-state index contributed by atoms with van der Waals surface area (Å²) in [7, 11) is 1.73. The Hall–Kier alpha value is -1.39. The van der Waals surface area contributed by atoms with E-state index in [0.717, 1.165) is 19.5 Å². The van der Waals surface area contributed by atoms with E-state index in [0.29, 0.717) is 12.5 Å². The van der Waals surface area contributed by atoms with Crippen molar-refractivity contribution < 1.29 is 9.90 Å². The van der Waals surface area contributed by atoms with E-state index in [1.165, 1.54) is 18.4 Å². The van der Waals surface area contributed by atoms with Gasteiger partial charge in [0.25, 0.3) is 0 Å². The third kappa shape index (κ3) is 4.05. The second kappa shape index (κ2) is 7.41. The van der Waals surface area contributed by atoms with Crippen molar-refractivity contribution in [3.63, 3.8) is 0 Å². The molecule has 1 aliphatic rings. The molecule has 1 fully saturated rings. The fraction of sp³-hybridized carbons (Fsp3) is 0.562. The van der Waals surface area contributed by atoms with Crippen LogP contribution in [0.3, 0.4) is 0 Å². The summed E-state index contributed by atoms with van der Waals surface area (Å²) >= 11 is 0. The zero-order valence-corrected chi connectivity index (χ0v) is 12.1. The van der Waals surface area contributed by atoms with Crippen LogP contribution in [-0.2, 0) is 11.3 Å². The summed E-state index contributed by atoms with van der Waals surface area (Å²) in [6.45, 7) is 1.98. The van der Waals surface area contributed by atoms with Gasteiger partial charge in [-0.2, -0.15) is 0 Å². The molecule has 0 amide bonds. The number of nitrogens with zero attached hydrogens (tertiary/aromatic N) is 1. The lowest BCUT2D eigenvalue weighted by Gasteiger charge is -2.37. The van der Waals surface area contributed by atoms with Crippen LogP contribution >= 0.6 is 0 Å². The Morgan fingerprint density at radius 1 is 1.40 bits per heavy atom. The van der Waals surface area contributed by atoms with Gasteiger partial charge in [-0.1, -0.05) is 36.8 Å². The maximum atomic E-state index is 11.2. The molecule has 0 aliphatic carbocycles. The number of carboxylic acid groups (broad SMARTS) is 1. The average Bonchev–Trinajstić information content (AvgIpc) is 2.47. The van der Waals surface area contributed by atoms with E-state index in [-0.39, 0.29) is 0 Å². The first-order valence-corrected chi connectivity index (χ1v) is 7.38. The van der Waals surface area contributed by atoms with E-state index >= 15 is 0 Å². The monoisotopic (exact) mass is 276 g/mol. The van der Waals surface area contributed by atoms with Crippen LogP contribution in [-0.4, -0.2) is 41.7 Å². The number of benzene rings is 1. The van der Waals surface area contributed by atoms with Crippen LogP contribution < -0.4 is 5.32 Å². The minimum Gasteiger partial charge on any atom is -0.480 e. The Kier molecular flexibility index (Phi) is 5.56. The van der Waals surface area contributed by atoms with Crippen LogP contribution in [0.15, 0.2) is 30.3 Å². The van der Waals surface area contributed by atoms with E-state index in [2.05, 4.69) is 34.5 Å². The highest BCUT2D eigenvalue weighted by atomic mass is 16.4. The molecule has 1 heterocycles. The van der Waals surface area contributed by atoms with Gasteiger partial charge in [0.1, 0.15) is 6.04 Å². The number of hydrogen-bond donors (Lipinski definition) is 2. The number of hydrogen-bond acceptors (Lipinski definition) is 3. The first kappa shape index (κ1) is 15.0. The van der Waals surface area contributed by atoms with Crippen molar-refractivity contribution in [3.05, 3.63) is 35.9 Å². The van der Waals surface area contributed by atoms with Crippen LogP contribution in [0.25, 0.3) is 0 Å². The zero-order valence-electron chi connectivity index (χ0n) is 12.1. The molecule has 1 aromatic carbocycles. The van der Waals surface area contributed by atoms with Gasteiger partial charge in [0.05, 0.1) is 0 Å². The molecule has 2 unspecified atom stereocenters. The fourth-order valence-electron chi connectivity index (χ4n) is 2.97. The summed E-state index contributed by atoms with van der Waals surface area (Å²) in [5, 5.41) is 12.1. The number of rotatable bonds is 6.